The van der Waals surface area contributed by atoms with Gasteiger partial charge in [0.2, 0.25) is 5.95 Å². The number of nitrogens with one attached hydrogen (secondary N) is 4. The van der Waals surface area contributed by atoms with Gasteiger partial charge in [-0.1, -0.05) is 18.2 Å². The quantitative estimate of drug-likeness (QED) is 0.104. The van der Waals surface area contributed by atoms with Gasteiger partial charge in [0.15, 0.2) is 0 Å². The number of rotatable bonds is 10. The van der Waals surface area contributed by atoms with Gasteiger partial charge in [0.1, 0.15) is 5.82 Å². The van der Waals surface area contributed by atoms with E-state index in [4.69, 9.17) is 0 Å². The fourth-order valence-corrected chi connectivity index (χ4v) is 4.65. The number of hydrogen-bond acceptors (Lipinski definition) is 9. The average molecular weight is 658 g/mol. The number of nitrogens with zero attached hydrogens (tertiary/aromatic N) is 3. The lowest BCUT2D eigenvalue weighted by Gasteiger charge is -2.17. The summed E-state index contributed by atoms with van der Waals surface area (Å²) < 4.78 is 59.4. The van der Waals surface area contributed by atoms with Crippen molar-refractivity contribution in [3.63, 3.8) is 0 Å². The minimum absolute atomic E-state index is 0.0144. The van der Waals surface area contributed by atoms with Crippen LogP contribution in [0, 0.1) is 0 Å². The van der Waals surface area contributed by atoms with E-state index >= 15 is 0 Å². The van der Waals surface area contributed by atoms with Crippen LogP contribution in [0.5, 0.6) is 0 Å². The summed E-state index contributed by atoms with van der Waals surface area (Å²) in [6.45, 7) is 3.33. The van der Waals surface area contributed by atoms with Crippen molar-refractivity contribution in [2.24, 2.45) is 4.36 Å². The third-order valence-corrected chi connectivity index (χ3v) is 7.22. The number of urea groups is 1. The van der Waals surface area contributed by atoms with Crippen molar-refractivity contribution in [2.45, 2.75) is 31.0 Å². The summed E-state index contributed by atoms with van der Waals surface area (Å²) in [7, 11) is -2.33. The van der Waals surface area contributed by atoms with Crippen LogP contribution in [0.25, 0.3) is 11.1 Å². The second-order valence-electron chi connectivity index (χ2n) is 9.66. The minimum Gasteiger partial charge on any atom is -0.448 e. The van der Waals surface area contributed by atoms with Gasteiger partial charge < -0.3 is 31.1 Å². The van der Waals surface area contributed by atoms with Crippen molar-refractivity contribution in [3.05, 3.63) is 84.6 Å². The molecule has 5 N–H and O–H groups in total. The number of thiol groups is 1. The number of ether oxygens (including phenoxy) is 1. The molecule has 3 amide bonds. The fraction of sp³-hybridized carbons (Fsp3) is 0.200. The van der Waals surface area contributed by atoms with Crippen LogP contribution in [0.1, 0.15) is 19.4 Å². The maximum atomic E-state index is 13.0. The fourth-order valence-electron chi connectivity index (χ4n) is 3.93. The zero-order valence-corrected chi connectivity index (χ0v) is 25.4. The molecule has 4 rings (SSSR count). The molecule has 16 heteroatoms. The lowest BCUT2D eigenvalue weighted by atomic mass is 10.1. The van der Waals surface area contributed by atoms with Crippen molar-refractivity contribution in [2.75, 3.05) is 34.5 Å². The van der Waals surface area contributed by atoms with E-state index in [-0.39, 0.29) is 30.9 Å². The first-order chi connectivity index (χ1) is 21.9. The smallest absolute Gasteiger partial charge is 0.441 e. The van der Waals surface area contributed by atoms with Gasteiger partial charge in [-0.25, -0.2) is 18.8 Å². The predicted molar refractivity (Wildman–Crippen MR) is 169 cm³/mol. The van der Waals surface area contributed by atoms with Crippen LogP contribution in [-0.2, 0) is 21.5 Å². The average Bonchev–Trinajstić information content (AvgIpc) is 3.02. The van der Waals surface area contributed by atoms with Gasteiger partial charge in [-0.3, -0.25) is 0 Å². The summed E-state index contributed by atoms with van der Waals surface area (Å²) in [6.07, 6.45) is -3.88. The van der Waals surface area contributed by atoms with Crippen LogP contribution in [0.2, 0.25) is 0 Å². The number of aromatic nitrogens is 2. The minimum atomic E-state index is -4.54. The summed E-state index contributed by atoms with van der Waals surface area (Å²) in [5, 5.41) is 20.8. The number of halogens is 3. The molecule has 1 heterocycles. The molecule has 0 bridgehead atoms. The first-order valence-corrected chi connectivity index (χ1v) is 15.0. The number of carbonyl (C=O) groups excluding carboxylic acids is 2. The summed E-state index contributed by atoms with van der Waals surface area (Å²) in [6, 6.07) is 16.1. The highest BCUT2D eigenvalue weighted by molar-refractivity contribution is 7.75. The molecule has 1 aromatic heterocycles. The molecule has 0 fully saturated rings. The van der Waals surface area contributed by atoms with Gasteiger partial charge in [0, 0.05) is 39.8 Å². The Morgan fingerprint density at radius 3 is 2.33 bits per heavy atom. The molecule has 2 atom stereocenters. The summed E-state index contributed by atoms with van der Waals surface area (Å²) >= 11 is 0. The van der Waals surface area contributed by atoms with Gasteiger partial charge in [0.25, 0.3) is 0 Å². The van der Waals surface area contributed by atoms with Crippen LogP contribution in [-0.4, -0.2) is 50.7 Å². The van der Waals surface area contributed by atoms with Crippen LogP contribution < -0.4 is 21.3 Å². The molecule has 0 saturated carbocycles. The number of amides is 3. The van der Waals surface area contributed by atoms with Crippen molar-refractivity contribution >= 4 is 51.5 Å². The molecule has 12 nitrogen and oxygen atoms in total. The highest BCUT2D eigenvalue weighted by Crippen LogP contribution is 2.31. The van der Waals surface area contributed by atoms with Crippen molar-refractivity contribution in [1.82, 2.24) is 9.97 Å². The molecule has 0 radical (unpaired) electrons. The highest BCUT2D eigenvalue weighted by Gasteiger charge is 2.30. The second-order valence-corrected chi connectivity index (χ2v) is 10.9. The first kappa shape index (κ1) is 33.7. The van der Waals surface area contributed by atoms with Gasteiger partial charge in [-0.2, -0.15) is 18.2 Å². The van der Waals surface area contributed by atoms with Gasteiger partial charge >= 0.3 is 18.3 Å². The van der Waals surface area contributed by atoms with E-state index in [0.29, 0.717) is 33.2 Å². The van der Waals surface area contributed by atoms with E-state index in [0.717, 1.165) is 12.1 Å². The number of aliphatic hydroxyl groups excluding tert-OH is 1. The summed E-state index contributed by atoms with van der Waals surface area (Å²) in [5.41, 5.74) is 1.30. The Morgan fingerprint density at radius 2 is 1.67 bits per heavy atom. The molecule has 3 aromatic carbocycles. The zero-order chi connectivity index (χ0) is 33.3. The Morgan fingerprint density at radius 1 is 1.00 bits per heavy atom. The molecule has 242 valence electrons. The highest BCUT2D eigenvalue weighted by atomic mass is 32.2. The molecule has 4 aromatic rings. The number of hydrogen-bond donors (Lipinski definition) is 6. The normalized spacial score (nSPS) is 12.6. The van der Waals surface area contributed by atoms with E-state index in [1.807, 2.05) is 0 Å². The number of anilines is 5. The van der Waals surface area contributed by atoms with Crippen LogP contribution >= 0.6 is 0 Å². The molecular formula is C30H30F3N7O5S. The predicted octanol–water partition coefficient (Wildman–Crippen LogP) is 6.52. The van der Waals surface area contributed by atoms with Crippen molar-refractivity contribution in [3.8, 4) is 11.1 Å². The Kier molecular flexibility index (Phi) is 11.1. The molecule has 0 aliphatic rings. The lowest BCUT2D eigenvalue weighted by molar-refractivity contribution is -0.137. The van der Waals surface area contributed by atoms with Gasteiger partial charge in [-0.05, 0) is 74.0 Å². The van der Waals surface area contributed by atoms with Crippen molar-refractivity contribution < 1.29 is 36.8 Å². The zero-order valence-electron chi connectivity index (χ0n) is 24.5. The molecule has 46 heavy (non-hydrogen) atoms. The number of benzene rings is 3. The van der Waals surface area contributed by atoms with Crippen LogP contribution in [0.3, 0.4) is 0 Å². The molecule has 0 spiro atoms. The van der Waals surface area contributed by atoms with E-state index in [9.17, 15) is 32.1 Å². The Balaban J connectivity index is 1.47. The molecule has 0 aliphatic carbocycles. The second kappa shape index (κ2) is 15.2. The standard InChI is InChI=1S/C30H30F3N7O5S/c1-3-45-29(43)40-46(44)24-13-11-21(12-14-24)36-27-34-16-25(26(39-27)35-18(2)17-41)19-7-9-22(10-8-19)37-28(42)38-23-6-4-5-20(15-23)30(31,32)33/h4-16,18,41,46H,3,17H2,1-2H3,(H2,37,38,42)(H2,34,35,36,39). The summed E-state index contributed by atoms with van der Waals surface area (Å²) in [5.74, 6) is 0.615. The largest absolute Gasteiger partial charge is 0.448 e. The monoisotopic (exact) mass is 657 g/mol. The third-order valence-electron chi connectivity index (χ3n) is 6.13. The Bertz CT molecular complexity index is 1760. The molecular weight excluding hydrogens is 627 g/mol. The van der Waals surface area contributed by atoms with E-state index in [1.54, 1.807) is 68.6 Å². The summed E-state index contributed by atoms with van der Waals surface area (Å²) in [4.78, 5) is 33.1. The third kappa shape index (κ3) is 9.39. The van der Waals surface area contributed by atoms with Crippen LogP contribution in [0.15, 0.2) is 88.3 Å². The van der Waals surface area contributed by atoms with Crippen molar-refractivity contribution in [1.29, 1.82) is 0 Å². The van der Waals surface area contributed by atoms with Gasteiger partial charge in [0.05, 0.1) is 29.4 Å². The van der Waals surface area contributed by atoms with Crippen LogP contribution in [0.4, 0.5) is 51.6 Å². The van der Waals surface area contributed by atoms with Gasteiger partial charge in [-0.15, -0.1) is 4.36 Å². The Labute approximate surface area is 263 Å². The SMILES string of the molecule is CCOC(=O)N=[SH](=O)c1ccc(Nc2ncc(-c3ccc(NC(=O)Nc4cccc(C(F)(F)F)c4)cc3)c(NC(C)CO)n2)cc1. The van der Waals surface area contributed by atoms with E-state index in [1.165, 1.54) is 12.1 Å². The first-order valence-electron chi connectivity index (χ1n) is 13.8. The Hall–Kier alpha value is -5.22. The number of aliphatic hydroxyl groups is 1. The molecule has 2 unspecified atom stereocenters. The maximum Gasteiger partial charge on any atom is 0.441 e. The maximum absolute atomic E-state index is 13.0. The lowest BCUT2D eigenvalue weighted by Crippen LogP contribution is -2.21. The number of alkyl halides is 3. The molecule has 0 saturated heterocycles. The van der Waals surface area contributed by atoms with E-state index < -0.39 is 34.5 Å². The van der Waals surface area contributed by atoms with E-state index in [2.05, 4.69) is 40.3 Å². The number of carbonyl (C=O) groups is 2. The molecule has 0 aliphatic heterocycles. The topological polar surface area (TPSA) is 167 Å².